The number of quaternary nitrogens is 1. The zero-order valence-corrected chi connectivity index (χ0v) is 13.9. The standard InChI is InChI=1S/C21H22FNO/c1-16(17-6-3-2-4-7-17)23-14-13-20(21-8-5-15-24-21)18-9-11-19(22)12-10-18/h2-12,15-16,20,23H,13-14H2,1H3/p+1/t16-,20+/m1/s1. The molecule has 1 heterocycles. The van der Waals surface area contributed by atoms with E-state index in [9.17, 15) is 4.39 Å². The number of benzene rings is 2. The van der Waals surface area contributed by atoms with Crippen LogP contribution in [0.2, 0.25) is 0 Å². The van der Waals surface area contributed by atoms with E-state index in [2.05, 4.69) is 36.5 Å². The predicted octanol–water partition coefficient (Wildman–Crippen LogP) is 4.27. The Balaban J connectivity index is 1.66. The number of nitrogens with two attached hydrogens (primary N) is 1. The predicted molar refractivity (Wildman–Crippen MR) is 93.2 cm³/mol. The monoisotopic (exact) mass is 324 g/mol. The molecule has 1 aromatic heterocycles. The van der Waals surface area contributed by atoms with Gasteiger partial charge in [0.1, 0.15) is 17.6 Å². The van der Waals surface area contributed by atoms with E-state index in [1.165, 1.54) is 17.7 Å². The summed E-state index contributed by atoms with van der Waals surface area (Å²) in [6.45, 7) is 3.19. The van der Waals surface area contributed by atoms with Gasteiger partial charge in [-0.1, -0.05) is 42.5 Å². The third kappa shape index (κ3) is 4.12. The molecule has 24 heavy (non-hydrogen) atoms. The van der Waals surface area contributed by atoms with Crippen molar-refractivity contribution in [2.24, 2.45) is 0 Å². The Bertz CT molecular complexity index is 722. The van der Waals surface area contributed by atoms with Gasteiger partial charge in [-0.3, -0.25) is 0 Å². The molecule has 2 aromatic carbocycles. The molecule has 2 nitrogen and oxygen atoms in total. The Morgan fingerprint density at radius 1 is 0.917 bits per heavy atom. The normalized spacial score (nSPS) is 13.6. The summed E-state index contributed by atoms with van der Waals surface area (Å²) in [5.74, 6) is 0.878. The van der Waals surface area contributed by atoms with Crippen molar-refractivity contribution in [3.63, 3.8) is 0 Å². The summed E-state index contributed by atoms with van der Waals surface area (Å²) >= 11 is 0. The molecule has 0 radical (unpaired) electrons. The molecule has 0 aliphatic carbocycles. The van der Waals surface area contributed by atoms with E-state index in [1.807, 2.05) is 30.3 Å². The zero-order valence-electron chi connectivity index (χ0n) is 13.9. The lowest BCUT2D eigenvalue weighted by Gasteiger charge is -2.16. The molecule has 0 spiro atoms. The Labute approximate surface area is 142 Å². The SMILES string of the molecule is C[C@@H]([NH2+]CC[C@@H](c1ccc(F)cc1)c1ccco1)c1ccccc1. The molecule has 3 rings (SSSR count). The van der Waals surface area contributed by atoms with Gasteiger partial charge < -0.3 is 9.73 Å². The minimum atomic E-state index is -0.207. The van der Waals surface area contributed by atoms with Crippen LogP contribution in [-0.4, -0.2) is 6.54 Å². The van der Waals surface area contributed by atoms with E-state index in [4.69, 9.17) is 4.42 Å². The minimum absolute atomic E-state index is 0.153. The number of halogens is 1. The van der Waals surface area contributed by atoms with Crippen molar-refractivity contribution in [1.82, 2.24) is 0 Å². The molecule has 3 heteroatoms. The van der Waals surface area contributed by atoms with E-state index in [0.29, 0.717) is 6.04 Å². The van der Waals surface area contributed by atoms with Crippen molar-refractivity contribution in [1.29, 1.82) is 0 Å². The van der Waals surface area contributed by atoms with Crippen LogP contribution in [0.1, 0.15) is 42.2 Å². The quantitative estimate of drug-likeness (QED) is 0.691. The second-order valence-corrected chi connectivity index (χ2v) is 6.13. The van der Waals surface area contributed by atoms with Crippen LogP contribution in [0, 0.1) is 5.82 Å². The number of rotatable bonds is 7. The smallest absolute Gasteiger partial charge is 0.123 e. The van der Waals surface area contributed by atoms with Gasteiger partial charge in [0.15, 0.2) is 0 Å². The summed E-state index contributed by atoms with van der Waals surface area (Å²) in [4.78, 5) is 0. The van der Waals surface area contributed by atoms with Gasteiger partial charge in [-0.25, -0.2) is 4.39 Å². The van der Waals surface area contributed by atoms with Gasteiger partial charge in [0.05, 0.1) is 12.8 Å². The highest BCUT2D eigenvalue weighted by Crippen LogP contribution is 2.28. The summed E-state index contributed by atoms with van der Waals surface area (Å²) in [6, 6.07) is 21.5. The highest BCUT2D eigenvalue weighted by atomic mass is 19.1. The van der Waals surface area contributed by atoms with Crippen molar-refractivity contribution in [3.8, 4) is 0 Å². The third-order valence-corrected chi connectivity index (χ3v) is 4.46. The second-order valence-electron chi connectivity index (χ2n) is 6.13. The van der Waals surface area contributed by atoms with E-state index < -0.39 is 0 Å². The van der Waals surface area contributed by atoms with Gasteiger partial charge in [0.25, 0.3) is 0 Å². The van der Waals surface area contributed by atoms with Gasteiger partial charge in [-0.2, -0.15) is 0 Å². The Morgan fingerprint density at radius 2 is 1.67 bits per heavy atom. The lowest BCUT2D eigenvalue weighted by molar-refractivity contribution is -0.693. The molecule has 0 aliphatic heterocycles. The molecule has 3 aromatic rings. The molecular formula is C21H23FNO+. The molecule has 124 valence electrons. The van der Waals surface area contributed by atoms with Crippen molar-refractivity contribution in [3.05, 3.63) is 95.7 Å². The molecule has 0 fully saturated rings. The summed E-state index contributed by atoms with van der Waals surface area (Å²) in [5.41, 5.74) is 2.42. The molecule has 2 atom stereocenters. The Morgan fingerprint density at radius 3 is 2.33 bits per heavy atom. The van der Waals surface area contributed by atoms with Crippen LogP contribution < -0.4 is 5.32 Å². The minimum Gasteiger partial charge on any atom is -0.469 e. The molecule has 2 N–H and O–H groups in total. The summed E-state index contributed by atoms with van der Waals surface area (Å²) in [5, 5.41) is 2.34. The van der Waals surface area contributed by atoms with Gasteiger partial charge in [-0.05, 0) is 36.8 Å². The first-order chi connectivity index (χ1) is 11.7. The number of hydrogen-bond donors (Lipinski definition) is 1. The maximum absolute atomic E-state index is 13.2. The zero-order chi connectivity index (χ0) is 16.8. The van der Waals surface area contributed by atoms with E-state index >= 15 is 0 Å². The van der Waals surface area contributed by atoms with Crippen molar-refractivity contribution >= 4 is 0 Å². The van der Waals surface area contributed by atoms with Crippen LogP contribution in [0.4, 0.5) is 4.39 Å². The van der Waals surface area contributed by atoms with Crippen molar-refractivity contribution in [2.45, 2.75) is 25.3 Å². The number of hydrogen-bond acceptors (Lipinski definition) is 1. The average Bonchev–Trinajstić information content (AvgIpc) is 3.15. The first-order valence-corrected chi connectivity index (χ1v) is 8.41. The van der Waals surface area contributed by atoms with Crippen LogP contribution in [0.5, 0.6) is 0 Å². The fourth-order valence-electron chi connectivity index (χ4n) is 3.06. The fourth-order valence-corrected chi connectivity index (χ4v) is 3.06. The first-order valence-electron chi connectivity index (χ1n) is 8.41. The lowest BCUT2D eigenvalue weighted by atomic mass is 9.93. The van der Waals surface area contributed by atoms with Crippen LogP contribution in [0.15, 0.2) is 77.4 Å². The largest absolute Gasteiger partial charge is 0.469 e. The molecular weight excluding hydrogens is 301 g/mol. The molecule has 0 saturated heterocycles. The maximum atomic E-state index is 13.2. The lowest BCUT2D eigenvalue weighted by Crippen LogP contribution is -2.84. The first kappa shape index (κ1) is 16.5. The molecule has 0 aliphatic rings. The highest BCUT2D eigenvalue weighted by Gasteiger charge is 2.18. The fraction of sp³-hybridized carbons (Fsp3) is 0.238. The maximum Gasteiger partial charge on any atom is 0.123 e. The van der Waals surface area contributed by atoms with Gasteiger partial charge in [0.2, 0.25) is 0 Å². The summed E-state index contributed by atoms with van der Waals surface area (Å²) in [7, 11) is 0. The Hall–Kier alpha value is -2.39. The van der Waals surface area contributed by atoms with Gasteiger partial charge >= 0.3 is 0 Å². The van der Waals surface area contributed by atoms with E-state index in [-0.39, 0.29) is 11.7 Å². The van der Waals surface area contributed by atoms with E-state index in [0.717, 1.165) is 24.3 Å². The van der Waals surface area contributed by atoms with E-state index in [1.54, 1.807) is 6.26 Å². The van der Waals surface area contributed by atoms with Crippen LogP contribution in [0.3, 0.4) is 0 Å². The van der Waals surface area contributed by atoms with Crippen LogP contribution >= 0.6 is 0 Å². The second kappa shape index (κ2) is 7.93. The topological polar surface area (TPSA) is 29.8 Å². The van der Waals surface area contributed by atoms with Crippen molar-refractivity contribution in [2.75, 3.05) is 6.54 Å². The highest BCUT2D eigenvalue weighted by molar-refractivity contribution is 5.27. The molecule has 0 bridgehead atoms. The molecule has 0 unspecified atom stereocenters. The van der Waals surface area contributed by atoms with Crippen LogP contribution in [-0.2, 0) is 0 Å². The number of furan rings is 1. The van der Waals surface area contributed by atoms with Gasteiger partial charge in [-0.15, -0.1) is 0 Å². The van der Waals surface area contributed by atoms with Gasteiger partial charge in [0, 0.05) is 17.9 Å². The van der Waals surface area contributed by atoms with Crippen molar-refractivity contribution < 1.29 is 14.1 Å². The third-order valence-electron chi connectivity index (χ3n) is 4.46. The average molecular weight is 324 g/mol. The molecule has 0 saturated carbocycles. The Kier molecular flexibility index (Phi) is 5.44. The summed E-state index contributed by atoms with van der Waals surface area (Å²) in [6.07, 6.45) is 2.64. The van der Waals surface area contributed by atoms with Crippen LogP contribution in [0.25, 0.3) is 0 Å². The summed E-state index contributed by atoms with van der Waals surface area (Å²) < 4.78 is 18.8. The molecule has 0 amide bonds.